The van der Waals surface area contributed by atoms with Crippen LogP contribution in [-0.4, -0.2) is 9.97 Å². The van der Waals surface area contributed by atoms with Crippen LogP contribution in [0.5, 0.6) is 0 Å². The maximum Gasteiger partial charge on any atom is 0.0163 e. The Kier molecular flexibility index (Phi) is 8.48. The molecule has 0 saturated carbocycles. The number of hydrogen-bond acceptors (Lipinski definition) is 2. The Bertz CT molecular complexity index is 1380. The molecule has 2 aliphatic rings. The van der Waals surface area contributed by atoms with Gasteiger partial charge in [-0.15, -0.1) is 76.9 Å². The normalized spacial score (nSPS) is 17.1. The summed E-state index contributed by atoms with van der Waals surface area (Å²) in [6.45, 7) is 6.70. The fourth-order valence-electron chi connectivity index (χ4n) is 4.55. The fourth-order valence-corrected chi connectivity index (χ4v) is 4.55. The number of pyridine rings is 2. The van der Waals surface area contributed by atoms with E-state index < -0.39 is 0 Å². The van der Waals surface area contributed by atoms with E-state index in [0.717, 1.165) is 22.5 Å². The minimum atomic E-state index is 0. The molecule has 2 nitrogen and oxygen atoms in total. The first-order valence-corrected chi connectivity index (χ1v) is 12.4. The van der Waals surface area contributed by atoms with Crippen molar-refractivity contribution >= 4 is 6.08 Å². The van der Waals surface area contributed by atoms with E-state index in [9.17, 15) is 0 Å². The van der Waals surface area contributed by atoms with E-state index in [2.05, 4.69) is 104 Å². The zero-order chi connectivity index (χ0) is 25.0. The topological polar surface area (TPSA) is 25.8 Å². The van der Waals surface area contributed by atoms with Gasteiger partial charge in [0.2, 0.25) is 0 Å². The van der Waals surface area contributed by atoms with Gasteiger partial charge in [0, 0.05) is 38.4 Å². The summed E-state index contributed by atoms with van der Waals surface area (Å²) in [5.41, 5.74) is 8.17. The summed E-state index contributed by atoms with van der Waals surface area (Å²) in [5, 5.41) is 0. The molecule has 3 heteroatoms. The minimum absolute atomic E-state index is 0. The van der Waals surface area contributed by atoms with Crippen LogP contribution in [0.3, 0.4) is 0 Å². The quantitative estimate of drug-likeness (QED) is 0.203. The predicted octanol–water partition coefficient (Wildman–Crippen LogP) is 8.25. The summed E-state index contributed by atoms with van der Waals surface area (Å²) in [4.78, 5) is 8.81. The molecule has 1 radical (unpaired) electrons. The van der Waals surface area contributed by atoms with E-state index in [-0.39, 0.29) is 25.5 Å². The van der Waals surface area contributed by atoms with Crippen molar-refractivity contribution in [2.75, 3.05) is 0 Å². The first-order valence-electron chi connectivity index (χ1n) is 12.4. The number of rotatable bonds is 2. The second-order valence-electron chi connectivity index (χ2n) is 10.2. The number of benzene rings is 2. The second kappa shape index (κ2) is 11.8. The molecular formula is C34H30IrN2-2. The molecular weight excluding hydrogens is 629 g/mol. The molecule has 0 N–H and O–H groups in total. The van der Waals surface area contributed by atoms with Crippen molar-refractivity contribution in [2.24, 2.45) is 5.92 Å². The van der Waals surface area contributed by atoms with Gasteiger partial charge in [0.25, 0.3) is 0 Å². The Morgan fingerprint density at radius 3 is 2.32 bits per heavy atom. The van der Waals surface area contributed by atoms with Crippen LogP contribution in [0.15, 0.2) is 110 Å². The van der Waals surface area contributed by atoms with Crippen LogP contribution in [0.4, 0.5) is 0 Å². The van der Waals surface area contributed by atoms with E-state index in [1.54, 1.807) is 6.20 Å². The van der Waals surface area contributed by atoms with Crippen molar-refractivity contribution < 1.29 is 20.1 Å². The van der Waals surface area contributed by atoms with Gasteiger partial charge >= 0.3 is 0 Å². The maximum absolute atomic E-state index is 4.59. The van der Waals surface area contributed by atoms with Gasteiger partial charge in [0.15, 0.2) is 0 Å². The van der Waals surface area contributed by atoms with Gasteiger partial charge in [-0.3, -0.25) is 0 Å². The third-order valence-electron chi connectivity index (χ3n) is 6.60. The molecule has 2 aromatic carbocycles. The summed E-state index contributed by atoms with van der Waals surface area (Å²) in [6.07, 6.45) is 17.1. The monoisotopic (exact) mass is 659 g/mol. The zero-order valence-electron chi connectivity index (χ0n) is 21.4. The molecule has 4 aromatic rings. The van der Waals surface area contributed by atoms with Gasteiger partial charge in [0.05, 0.1) is 0 Å². The van der Waals surface area contributed by atoms with Crippen molar-refractivity contribution in [3.8, 4) is 22.5 Å². The molecule has 0 spiro atoms. The Labute approximate surface area is 234 Å². The number of aromatic nitrogens is 2. The Balaban J connectivity index is 0.000000208. The number of allylic oxidation sites excluding steroid dienone is 5. The van der Waals surface area contributed by atoms with E-state index in [1.807, 2.05) is 48.7 Å². The molecule has 187 valence electrons. The van der Waals surface area contributed by atoms with Gasteiger partial charge in [0.1, 0.15) is 0 Å². The predicted molar refractivity (Wildman–Crippen MR) is 149 cm³/mol. The van der Waals surface area contributed by atoms with Crippen LogP contribution >= 0.6 is 0 Å². The van der Waals surface area contributed by atoms with Gasteiger partial charge < -0.3 is 9.97 Å². The molecule has 2 atom stereocenters. The number of fused-ring (bicyclic) bond motifs is 3. The Morgan fingerprint density at radius 2 is 1.57 bits per heavy atom. The van der Waals surface area contributed by atoms with Gasteiger partial charge in [-0.25, -0.2) is 0 Å². The second-order valence-corrected chi connectivity index (χ2v) is 10.2. The fraction of sp³-hybridized carbons (Fsp3) is 0.176. The summed E-state index contributed by atoms with van der Waals surface area (Å²) in [5.74, 6) is 0.890. The summed E-state index contributed by atoms with van der Waals surface area (Å²) in [7, 11) is 0. The molecule has 2 unspecified atom stereocenters. The minimum Gasteiger partial charge on any atom is -0.305 e. The van der Waals surface area contributed by atoms with Crippen molar-refractivity contribution in [2.45, 2.75) is 32.1 Å². The molecule has 37 heavy (non-hydrogen) atoms. The van der Waals surface area contributed by atoms with Crippen LogP contribution < -0.4 is 0 Å². The summed E-state index contributed by atoms with van der Waals surface area (Å²) in [6, 6.07) is 28.9. The summed E-state index contributed by atoms with van der Waals surface area (Å²) >= 11 is 0. The average molecular weight is 659 g/mol. The molecule has 6 rings (SSSR count). The van der Waals surface area contributed by atoms with Crippen LogP contribution in [-0.2, 0) is 25.5 Å². The zero-order valence-corrected chi connectivity index (χ0v) is 23.7. The smallest absolute Gasteiger partial charge is 0.0163 e. The van der Waals surface area contributed by atoms with Crippen LogP contribution in [0.1, 0.15) is 43.4 Å². The molecule has 0 bridgehead atoms. The number of hydrogen-bond donors (Lipinski definition) is 0. The summed E-state index contributed by atoms with van der Waals surface area (Å²) < 4.78 is 0. The van der Waals surface area contributed by atoms with E-state index in [1.165, 1.54) is 16.7 Å². The molecule has 0 aliphatic heterocycles. The van der Waals surface area contributed by atoms with Crippen molar-refractivity contribution in [1.29, 1.82) is 0 Å². The van der Waals surface area contributed by atoms with Crippen molar-refractivity contribution in [3.05, 3.63) is 138 Å². The maximum atomic E-state index is 4.59. The standard InChI is InChI=1S/C23H22N.C11H8N.Ir/c1-23(2,3)19-12-13-24-22(15-19)18-11-10-17-9-8-16-6-4-5-7-20(16)21(17)14-18;1-2-6-10(7-3-1)11-8-4-5-9-12-11;/h4-10,12-16,20H,1-3H3;1-6,8-9H;/q2*-1;. The average Bonchev–Trinajstić information content (AvgIpc) is 2.94. The van der Waals surface area contributed by atoms with Crippen LogP contribution in [0.2, 0.25) is 0 Å². The first kappa shape index (κ1) is 26.7. The Morgan fingerprint density at radius 1 is 0.757 bits per heavy atom. The molecule has 2 heterocycles. The van der Waals surface area contributed by atoms with Crippen LogP contribution in [0.25, 0.3) is 28.6 Å². The molecule has 0 saturated heterocycles. The van der Waals surface area contributed by atoms with Gasteiger partial charge in [-0.1, -0.05) is 69.4 Å². The first-order chi connectivity index (χ1) is 17.5. The van der Waals surface area contributed by atoms with Crippen molar-refractivity contribution in [1.82, 2.24) is 9.97 Å². The largest absolute Gasteiger partial charge is 0.305 e. The van der Waals surface area contributed by atoms with E-state index in [0.29, 0.717) is 11.8 Å². The third kappa shape index (κ3) is 6.31. The molecule has 0 fully saturated rings. The molecule has 2 aliphatic carbocycles. The van der Waals surface area contributed by atoms with Gasteiger partial charge in [-0.2, -0.15) is 0 Å². The molecule has 2 aromatic heterocycles. The van der Waals surface area contributed by atoms with E-state index >= 15 is 0 Å². The van der Waals surface area contributed by atoms with Gasteiger partial charge in [-0.05, 0) is 40.4 Å². The van der Waals surface area contributed by atoms with Crippen LogP contribution in [0, 0.1) is 18.1 Å². The number of nitrogens with zero attached hydrogens (tertiary/aromatic N) is 2. The Hall–Kier alpha value is -3.39. The SMILES string of the molecule is CC(C)(C)c1ccnc(-c2[c-]cc3c(c2)C2C=CC=CC2C=C3)c1.[Ir].[c-]1ccccc1-c1ccccn1. The van der Waals surface area contributed by atoms with E-state index in [4.69, 9.17) is 0 Å². The third-order valence-corrected chi connectivity index (χ3v) is 6.60. The van der Waals surface area contributed by atoms with Crippen molar-refractivity contribution in [3.63, 3.8) is 0 Å². The molecule has 0 amide bonds.